The highest BCUT2D eigenvalue weighted by molar-refractivity contribution is 5.80. The first-order chi connectivity index (χ1) is 12.7. The van der Waals surface area contributed by atoms with Crippen molar-refractivity contribution in [3.05, 3.63) is 0 Å². The normalized spacial score (nSPS) is 33.3. The van der Waals surface area contributed by atoms with Crippen LogP contribution in [0.15, 0.2) is 0 Å². The maximum atomic E-state index is 12.6. The molecule has 1 unspecified atom stereocenters. The van der Waals surface area contributed by atoms with Crippen LogP contribution in [0.1, 0.15) is 70.6 Å². The fourth-order valence-corrected chi connectivity index (χ4v) is 5.11. The molecule has 4 rings (SSSR count). The van der Waals surface area contributed by atoms with Gasteiger partial charge in [-0.1, -0.05) is 12.8 Å². The van der Waals surface area contributed by atoms with Crippen LogP contribution >= 0.6 is 0 Å². The van der Waals surface area contributed by atoms with Crippen molar-refractivity contribution in [1.82, 2.24) is 15.5 Å². The maximum absolute atomic E-state index is 12.6. The van der Waals surface area contributed by atoms with Gasteiger partial charge in [-0.2, -0.15) is 0 Å². The lowest BCUT2D eigenvalue weighted by molar-refractivity contribution is -0.127. The molecule has 5 heteroatoms. The molecule has 0 spiro atoms. The monoisotopic (exact) mass is 361 g/mol. The molecular weight excluding hydrogens is 326 g/mol. The van der Waals surface area contributed by atoms with E-state index in [4.69, 9.17) is 0 Å². The minimum absolute atomic E-state index is 0.145. The second kappa shape index (κ2) is 8.28. The molecule has 4 aliphatic rings. The first kappa shape index (κ1) is 18.3. The summed E-state index contributed by atoms with van der Waals surface area (Å²) >= 11 is 0. The average molecular weight is 362 g/mol. The van der Waals surface area contributed by atoms with E-state index in [2.05, 4.69) is 15.5 Å². The Morgan fingerprint density at radius 2 is 1.35 bits per heavy atom. The van der Waals surface area contributed by atoms with E-state index in [1.165, 1.54) is 32.2 Å². The van der Waals surface area contributed by atoms with Crippen molar-refractivity contribution in [3.8, 4) is 0 Å². The van der Waals surface area contributed by atoms with E-state index in [0.29, 0.717) is 6.04 Å². The fourth-order valence-electron chi connectivity index (χ4n) is 5.11. The van der Waals surface area contributed by atoms with E-state index >= 15 is 0 Å². The second-order valence-electron chi connectivity index (χ2n) is 9.24. The zero-order chi connectivity index (χ0) is 17.9. The van der Waals surface area contributed by atoms with Crippen LogP contribution in [-0.4, -0.2) is 48.4 Å². The van der Waals surface area contributed by atoms with Gasteiger partial charge in [0.2, 0.25) is 11.8 Å². The molecule has 2 N–H and O–H groups in total. The van der Waals surface area contributed by atoms with Crippen LogP contribution in [0.3, 0.4) is 0 Å². The van der Waals surface area contributed by atoms with Gasteiger partial charge in [0.1, 0.15) is 0 Å². The van der Waals surface area contributed by atoms with Crippen LogP contribution < -0.4 is 10.6 Å². The van der Waals surface area contributed by atoms with Gasteiger partial charge in [0, 0.05) is 43.6 Å². The Bertz CT molecular complexity index is 505. The fraction of sp³-hybridized carbons (Fsp3) is 0.905. The van der Waals surface area contributed by atoms with E-state index in [1.54, 1.807) is 0 Å². The Morgan fingerprint density at radius 1 is 0.731 bits per heavy atom. The summed E-state index contributed by atoms with van der Waals surface area (Å²) in [6.45, 7) is 3.41. The number of nitrogens with zero attached hydrogens (tertiary/aromatic N) is 1. The Morgan fingerprint density at radius 3 is 2.00 bits per heavy atom. The SMILES string of the molecule is O=C(NC1CCC(C(=O)NC2CCN(CC3CC3)C2)CC1)C1CCCC1. The van der Waals surface area contributed by atoms with Crippen molar-refractivity contribution < 1.29 is 9.59 Å². The molecule has 3 aliphatic carbocycles. The van der Waals surface area contributed by atoms with Crippen LogP contribution in [0.5, 0.6) is 0 Å². The lowest BCUT2D eigenvalue weighted by Gasteiger charge is -2.30. The van der Waals surface area contributed by atoms with Crippen molar-refractivity contribution in [2.75, 3.05) is 19.6 Å². The molecule has 146 valence electrons. The quantitative estimate of drug-likeness (QED) is 0.764. The van der Waals surface area contributed by atoms with Gasteiger partial charge >= 0.3 is 0 Å². The topological polar surface area (TPSA) is 61.4 Å². The van der Waals surface area contributed by atoms with E-state index in [1.807, 2.05) is 0 Å². The lowest BCUT2D eigenvalue weighted by atomic mass is 9.85. The number of rotatable bonds is 6. The molecule has 0 aromatic rings. The highest BCUT2D eigenvalue weighted by Crippen LogP contribution is 2.31. The molecule has 4 fully saturated rings. The largest absolute Gasteiger partial charge is 0.353 e. The second-order valence-corrected chi connectivity index (χ2v) is 9.24. The summed E-state index contributed by atoms with van der Waals surface area (Å²) in [5.41, 5.74) is 0. The van der Waals surface area contributed by atoms with Crippen molar-refractivity contribution >= 4 is 11.8 Å². The minimum atomic E-state index is 0.145. The Hall–Kier alpha value is -1.10. The van der Waals surface area contributed by atoms with Crippen LogP contribution in [0.2, 0.25) is 0 Å². The van der Waals surface area contributed by atoms with Crippen molar-refractivity contribution in [2.45, 2.75) is 82.7 Å². The first-order valence-electron chi connectivity index (χ1n) is 11.0. The van der Waals surface area contributed by atoms with Crippen molar-refractivity contribution in [1.29, 1.82) is 0 Å². The van der Waals surface area contributed by atoms with E-state index < -0.39 is 0 Å². The minimum Gasteiger partial charge on any atom is -0.353 e. The zero-order valence-electron chi connectivity index (χ0n) is 16.0. The van der Waals surface area contributed by atoms with Crippen LogP contribution in [0, 0.1) is 17.8 Å². The predicted octanol–water partition coefficient (Wildman–Crippen LogP) is 2.45. The number of amides is 2. The molecule has 26 heavy (non-hydrogen) atoms. The number of carbonyl (C=O) groups excluding carboxylic acids is 2. The van der Waals surface area contributed by atoms with Crippen molar-refractivity contribution in [2.24, 2.45) is 17.8 Å². The van der Waals surface area contributed by atoms with Gasteiger partial charge in [0.25, 0.3) is 0 Å². The van der Waals surface area contributed by atoms with Crippen LogP contribution in [0.25, 0.3) is 0 Å². The van der Waals surface area contributed by atoms with Gasteiger partial charge in [-0.05, 0) is 63.7 Å². The summed E-state index contributed by atoms with van der Waals surface area (Å²) in [6, 6.07) is 0.633. The van der Waals surface area contributed by atoms with Gasteiger partial charge in [0.05, 0.1) is 0 Å². The van der Waals surface area contributed by atoms with Gasteiger partial charge in [-0.3, -0.25) is 9.59 Å². The van der Waals surface area contributed by atoms with Crippen molar-refractivity contribution in [3.63, 3.8) is 0 Å². The molecule has 3 saturated carbocycles. The molecule has 0 radical (unpaired) electrons. The lowest BCUT2D eigenvalue weighted by Crippen LogP contribution is -2.45. The summed E-state index contributed by atoms with van der Waals surface area (Å²) in [5.74, 6) is 1.84. The Balaban J connectivity index is 1.15. The van der Waals surface area contributed by atoms with E-state index in [0.717, 1.165) is 64.0 Å². The highest BCUT2D eigenvalue weighted by Gasteiger charge is 2.33. The number of likely N-dealkylation sites (tertiary alicyclic amines) is 1. The molecule has 5 nitrogen and oxygen atoms in total. The Kier molecular flexibility index (Phi) is 5.82. The smallest absolute Gasteiger partial charge is 0.223 e. The van der Waals surface area contributed by atoms with Crippen LogP contribution in [0.4, 0.5) is 0 Å². The Labute approximate surface area is 157 Å². The number of hydrogen-bond donors (Lipinski definition) is 2. The maximum Gasteiger partial charge on any atom is 0.223 e. The highest BCUT2D eigenvalue weighted by atomic mass is 16.2. The molecule has 0 aromatic heterocycles. The molecule has 2 amide bonds. The third-order valence-corrected chi connectivity index (χ3v) is 7.00. The zero-order valence-corrected chi connectivity index (χ0v) is 16.0. The predicted molar refractivity (Wildman–Crippen MR) is 102 cm³/mol. The number of carbonyl (C=O) groups is 2. The van der Waals surface area contributed by atoms with E-state index in [-0.39, 0.29) is 29.7 Å². The molecule has 1 saturated heterocycles. The van der Waals surface area contributed by atoms with Gasteiger partial charge in [-0.15, -0.1) is 0 Å². The summed E-state index contributed by atoms with van der Waals surface area (Å²) < 4.78 is 0. The summed E-state index contributed by atoms with van der Waals surface area (Å²) in [7, 11) is 0. The van der Waals surface area contributed by atoms with Gasteiger partial charge in [-0.25, -0.2) is 0 Å². The molecule has 1 aliphatic heterocycles. The number of hydrogen-bond acceptors (Lipinski definition) is 3. The third kappa shape index (κ3) is 4.79. The third-order valence-electron chi connectivity index (χ3n) is 7.00. The molecule has 1 heterocycles. The van der Waals surface area contributed by atoms with Crippen LogP contribution in [-0.2, 0) is 9.59 Å². The molecule has 1 atom stereocenters. The first-order valence-corrected chi connectivity index (χ1v) is 11.0. The molecule has 0 aromatic carbocycles. The average Bonchev–Trinajstić information content (AvgIpc) is 3.10. The summed E-state index contributed by atoms with van der Waals surface area (Å²) in [4.78, 5) is 27.4. The van der Waals surface area contributed by atoms with Gasteiger partial charge in [0.15, 0.2) is 0 Å². The standard InChI is InChI=1S/C21H35N3O2/c25-20(16-3-1-2-4-16)22-18-9-7-17(8-10-18)21(26)23-19-11-12-24(14-19)13-15-5-6-15/h15-19H,1-14H2,(H,22,25)(H,23,26). The molecule has 0 bridgehead atoms. The summed E-state index contributed by atoms with van der Waals surface area (Å²) in [6.07, 6.45) is 12.2. The number of nitrogens with one attached hydrogen (secondary N) is 2. The summed E-state index contributed by atoms with van der Waals surface area (Å²) in [5, 5.41) is 6.55. The molecular formula is C21H35N3O2. The van der Waals surface area contributed by atoms with Gasteiger partial charge < -0.3 is 15.5 Å². The van der Waals surface area contributed by atoms with E-state index in [9.17, 15) is 9.59 Å².